The Morgan fingerprint density at radius 2 is 1.14 bits per heavy atom. The van der Waals surface area contributed by atoms with Crippen molar-refractivity contribution in [2.75, 3.05) is 0 Å². The van der Waals surface area contributed by atoms with E-state index in [1.54, 1.807) is 0 Å². The van der Waals surface area contributed by atoms with Crippen molar-refractivity contribution in [3.05, 3.63) is 94.4 Å². The standard InChI is InChI=1S/C25H21BrN2/c1-16-17(2)27-18(3)28-25(16)22-13-11-20(12-14-22)19-7-9-21(10-8-19)23-5-4-6-24(26)15-23/h4-15H,1-3H3. The maximum Gasteiger partial charge on any atom is 0.126 e. The Balaban J connectivity index is 1.63. The molecule has 3 aromatic carbocycles. The molecule has 0 saturated heterocycles. The van der Waals surface area contributed by atoms with Gasteiger partial charge in [0.1, 0.15) is 5.82 Å². The van der Waals surface area contributed by atoms with Crippen molar-refractivity contribution in [1.82, 2.24) is 9.97 Å². The summed E-state index contributed by atoms with van der Waals surface area (Å²) in [4.78, 5) is 9.09. The van der Waals surface area contributed by atoms with E-state index < -0.39 is 0 Å². The van der Waals surface area contributed by atoms with Crippen molar-refractivity contribution >= 4 is 15.9 Å². The minimum atomic E-state index is 0.810. The topological polar surface area (TPSA) is 25.8 Å². The second kappa shape index (κ2) is 7.69. The molecule has 0 spiro atoms. The first kappa shape index (κ1) is 18.6. The molecular formula is C25H21BrN2. The molecule has 1 aromatic heterocycles. The highest BCUT2D eigenvalue weighted by Crippen LogP contribution is 2.29. The van der Waals surface area contributed by atoms with Crippen LogP contribution in [0.4, 0.5) is 0 Å². The van der Waals surface area contributed by atoms with Crippen LogP contribution in [0.3, 0.4) is 0 Å². The van der Waals surface area contributed by atoms with Crippen molar-refractivity contribution in [2.45, 2.75) is 20.8 Å². The van der Waals surface area contributed by atoms with Crippen molar-refractivity contribution in [2.24, 2.45) is 0 Å². The molecule has 2 nitrogen and oxygen atoms in total. The SMILES string of the molecule is Cc1nc(C)c(C)c(-c2ccc(-c3ccc(-c4cccc(Br)c4)cc3)cc2)n1. The first-order chi connectivity index (χ1) is 13.5. The second-order valence-corrected chi connectivity index (χ2v) is 7.91. The number of hydrogen-bond acceptors (Lipinski definition) is 2. The summed E-state index contributed by atoms with van der Waals surface area (Å²) in [6, 6.07) is 25.7. The first-order valence-electron chi connectivity index (χ1n) is 9.30. The molecular weight excluding hydrogens is 408 g/mol. The summed E-state index contributed by atoms with van der Waals surface area (Å²) in [5, 5.41) is 0. The number of nitrogens with zero attached hydrogens (tertiary/aromatic N) is 2. The molecule has 138 valence electrons. The third kappa shape index (κ3) is 3.76. The molecule has 0 aliphatic carbocycles. The highest BCUT2D eigenvalue weighted by atomic mass is 79.9. The zero-order valence-electron chi connectivity index (χ0n) is 16.2. The van der Waals surface area contributed by atoms with Crippen LogP contribution in [-0.2, 0) is 0 Å². The number of aryl methyl sites for hydroxylation is 2. The average molecular weight is 429 g/mol. The van der Waals surface area contributed by atoms with E-state index in [-0.39, 0.29) is 0 Å². The lowest BCUT2D eigenvalue weighted by Crippen LogP contribution is -1.98. The molecule has 0 aliphatic rings. The normalized spacial score (nSPS) is 10.9. The molecule has 1 heterocycles. The van der Waals surface area contributed by atoms with E-state index in [0.29, 0.717) is 0 Å². The van der Waals surface area contributed by atoms with Gasteiger partial charge in [-0.2, -0.15) is 0 Å². The van der Waals surface area contributed by atoms with Gasteiger partial charge in [-0.3, -0.25) is 0 Å². The van der Waals surface area contributed by atoms with E-state index in [0.717, 1.165) is 32.8 Å². The maximum atomic E-state index is 4.64. The maximum absolute atomic E-state index is 4.64. The third-order valence-electron chi connectivity index (χ3n) is 5.04. The summed E-state index contributed by atoms with van der Waals surface area (Å²) in [7, 11) is 0. The van der Waals surface area contributed by atoms with Crippen molar-refractivity contribution in [3.63, 3.8) is 0 Å². The lowest BCUT2D eigenvalue weighted by molar-refractivity contribution is 0.992. The molecule has 0 saturated carbocycles. The van der Waals surface area contributed by atoms with E-state index in [9.17, 15) is 0 Å². The summed E-state index contributed by atoms with van der Waals surface area (Å²) in [6.45, 7) is 6.06. The monoisotopic (exact) mass is 428 g/mol. The second-order valence-electron chi connectivity index (χ2n) is 6.99. The predicted octanol–water partition coefficient (Wildman–Crippen LogP) is 7.17. The van der Waals surface area contributed by atoms with Gasteiger partial charge in [-0.05, 0) is 60.7 Å². The van der Waals surface area contributed by atoms with E-state index in [2.05, 4.69) is 99.6 Å². The average Bonchev–Trinajstić information content (AvgIpc) is 2.71. The number of benzene rings is 3. The summed E-state index contributed by atoms with van der Waals surface area (Å²) in [5.74, 6) is 0.810. The van der Waals surface area contributed by atoms with E-state index in [1.807, 2.05) is 19.9 Å². The van der Waals surface area contributed by atoms with Gasteiger partial charge in [0, 0.05) is 15.7 Å². The summed E-state index contributed by atoms with van der Waals surface area (Å²) in [6.07, 6.45) is 0. The highest BCUT2D eigenvalue weighted by molar-refractivity contribution is 9.10. The third-order valence-corrected chi connectivity index (χ3v) is 5.53. The number of rotatable bonds is 3. The molecule has 0 atom stereocenters. The molecule has 0 unspecified atom stereocenters. The lowest BCUT2D eigenvalue weighted by Gasteiger charge is -2.10. The van der Waals surface area contributed by atoms with Crippen LogP contribution >= 0.6 is 15.9 Å². The van der Waals surface area contributed by atoms with Crippen LogP contribution in [0.2, 0.25) is 0 Å². The van der Waals surface area contributed by atoms with Crippen LogP contribution in [0.5, 0.6) is 0 Å². The Morgan fingerprint density at radius 1 is 0.607 bits per heavy atom. The van der Waals surface area contributed by atoms with E-state index in [1.165, 1.54) is 22.3 Å². The Hall–Kier alpha value is -2.78. The Kier molecular flexibility index (Phi) is 5.10. The minimum Gasteiger partial charge on any atom is -0.238 e. The van der Waals surface area contributed by atoms with Crippen LogP contribution in [-0.4, -0.2) is 9.97 Å². The van der Waals surface area contributed by atoms with Crippen LogP contribution in [0.15, 0.2) is 77.3 Å². The summed E-state index contributed by atoms with van der Waals surface area (Å²) < 4.78 is 1.09. The Bertz CT molecular complexity index is 1130. The predicted molar refractivity (Wildman–Crippen MR) is 120 cm³/mol. The number of hydrogen-bond donors (Lipinski definition) is 0. The fourth-order valence-corrected chi connectivity index (χ4v) is 3.79. The van der Waals surface area contributed by atoms with Gasteiger partial charge in [0.05, 0.1) is 5.69 Å². The van der Waals surface area contributed by atoms with Gasteiger partial charge in [0.25, 0.3) is 0 Å². The van der Waals surface area contributed by atoms with E-state index >= 15 is 0 Å². The smallest absolute Gasteiger partial charge is 0.126 e. The first-order valence-corrected chi connectivity index (χ1v) is 10.1. The molecule has 4 rings (SSSR count). The molecule has 4 aromatic rings. The number of aromatic nitrogens is 2. The van der Waals surface area contributed by atoms with Gasteiger partial charge in [-0.25, -0.2) is 9.97 Å². The fraction of sp³-hybridized carbons (Fsp3) is 0.120. The molecule has 0 aliphatic heterocycles. The summed E-state index contributed by atoms with van der Waals surface area (Å²) >= 11 is 3.54. The largest absolute Gasteiger partial charge is 0.238 e. The van der Waals surface area contributed by atoms with Crippen molar-refractivity contribution < 1.29 is 0 Å². The molecule has 3 heteroatoms. The Morgan fingerprint density at radius 3 is 1.71 bits per heavy atom. The molecule has 28 heavy (non-hydrogen) atoms. The minimum absolute atomic E-state index is 0.810. The van der Waals surface area contributed by atoms with Gasteiger partial charge < -0.3 is 0 Å². The molecule has 0 bridgehead atoms. The van der Waals surface area contributed by atoms with Crippen LogP contribution in [0.1, 0.15) is 17.1 Å². The van der Waals surface area contributed by atoms with Gasteiger partial charge in [0.15, 0.2) is 0 Å². The van der Waals surface area contributed by atoms with Crippen LogP contribution in [0.25, 0.3) is 33.5 Å². The quantitative estimate of drug-likeness (QED) is 0.345. The number of halogens is 1. The highest BCUT2D eigenvalue weighted by Gasteiger charge is 2.09. The molecule has 0 fully saturated rings. The zero-order valence-corrected chi connectivity index (χ0v) is 17.8. The Labute approximate surface area is 174 Å². The van der Waals surface area contributed by atoms with Gasteiger partial charge in [0.2, 0.25) is 0 Å². The fourth-order valence-electron chi connectivity index (χ4n) is 3.39. The van der Waals surface area contributed by atoms with Gasteiger partial charge in [-0.1, -0.05) is 76.6 Å². The molecule has 0 radical (unpaired) electrons. The lowest BCUT2D eigenvalue weighted by atomic mass is 9.98. The molecule has 0 amide bonds. The van der Waals surface area contributed by atoms with E-state index in [4.69, 9.17) is 0 Å². The van der Waals surface area contributed by atoms with Crippen LogP contribution < -0.4 is 0 Å². The zero-order chi connectivity index (χ0) is 19.7. The van der Waals surface area contributed by atoms with Gasteiger partial charge >= 0.3 is 0 Å². The van der Waals surface area contributed by atoms with Crippen molar-refractivity contribution in [3.8, 4) is 33.5 Å². The molecule has 0 N–H and O–H groups in total. The summed E-state index contributed by atoms with van der Waals surface area (Å²) in [5.41, 5.74) is 9.14. The van der Waals surface area contributed by atoms with Crippen LogP contribution in [0, 0.1) is 20.8 Å². The van der Waals surface area contributed by atoms with Crippen molar-refractivity contribution in [1.29, 1.82) is 0 Å². The van der Waals surface area contributed by atoms with Gasteiger partial charge in [-0.15, -0.1) is 0 Å².